The van der Waals surface area contributed by atoms with E-state index < -0.39 is 15.7 Å². The molecule has 0 aliphatic heterocycles. The van der Waals surface area contributed by atoms with Gasteiger partial charge in [0.05, 0.1) is 4.90 Å². The van der Waals surface area contributed by atoms with Gasteiger partial charge in [0.25, 0.3) is 5.91 Å². The number of aromatic nitrogens is 2. The van der Waals surface area contributed by atoms with Gasteiger partial charge in [-0.3, -0.25) is 10.1 Å². The molecule has 1 heterocycles. The average Bonchev–Trinajstić information content (AvgIpc) is 3.03. The number of sulfone groups is 1. The van der Waals surface area contributed by atoms with E-state index in [9.17, 15) is 13.2 Å². The molecule has 1 aliphatic rings. The van der Waals surface area contributed by atoms with E-state index in [-0.39, 0.29) is 22.4 Å². The van der Waals surface area contributed by atoms with Crippen LogP contribution in [0, 0.1) is 0 Å². The monoisotopic (exact) mass is 349 g/mol. The van der Waals surface area contributed by atoms with Crippen LogP contribution in [0.2, 0.25) is 0 Å². The summed E-state index contributed by atoms with van der Waals surface area (Å²) < 4.78 is 28.7. The third-order valence-electron chi connectivity index (χ3n) is 4.14. The van der Waals surface area contributed by atoms with Gasteiger partial charge >= 0.3 is 6.01 Å². The fourth-order valence-electron chi connectivity index (χ4n) is 2.84. The van der Waals surface area contributed by atoms with Crippen molar-refractivity contribution >= 4 is 21.8 Å². The molecular weight excluding hydrogens is 330 g/mol. The second-order valence-electron chi connectivity index (χ2n) is 6.03. The lowest BCUT2D eigenvalue weighted by atomic mass is 9.89. The zero-order valence-electron chi connectivity index (χ0n) is 13.4. The Labute approximate surface area is 140 Å². The minimum absolute atomic E-state index is 0.0327. The molecule has 1 aromatic heterocycles. The van der Waals surface area contributed by atoms with E-state index in [1.165, 1.54) is 30.7 Å². The molecule has 1 fully saturated rings. The van der Waals surface area contributed by atoms with Crippen LogP contribution in [0.1, 0.15) is 54.3 Å². The molecule has 3 rings (SSSR count). The third kappa shape index (κ3) is 3.81. The Kier molecular flexibility index (Phi) is 4.66. The van der Waals surface area contributed by atoms with Crippen LogP contribution in [0.4, 0.5) is 6.01 Å². The smallest absolute Gasteiger partial charge is 0.322 e. The molecule has 8 heteroatoms. The van der Waals surface area contributed by atoms with Crippen molar-refractivity contribution in [2.45, 2.75) is 42.9 Å². The fraction of sp³-hybridized carbons (Fsp3) is 0.438. The normalized spacial score (nSPS) is 16.0. The molecule has 128 valence electrons. The minimum Gasteiger partial charge on any atom is -0.408 e. The second-order valence-corrected chi connectivity index (χ2v) is 8.05. The first-order valence-electron chi connectivity index (χ1n) is 7.88. The summed E-state index contributed by atoms with van der Waals surface area (Å²) in [6.45, 7) is 0. The molecule has 0 bridgehead atoms. The zero-order chi connectivity index (χ0) is 17.2. The van der Waals surface area contributed by atoms with E-state index >= 15 is 0 Å². The van der Waals surface area contributed by atoms with Gasteiger partial charge in [-0.15, -0.1) is 5.10 Å². The lowest BCUT2D eigenvalue weighted by Gasteiger charge is -2.17. The van der Waals surface area contributed by atoms with Crippen molar-refractivity contribution in [1.82, 2.24) is 10.2 Å². The standard InChI is InChI=1S/C16H19N3O4S/c1-24(21,22)13-9-5-8-12(10-13)14(20)17-16-19-18-15(23-16)11-6-3-2-4-7-11/h5,8-11H,2-4,6-7H2,1H3,(H,17,19,20). The highest BCUT2D eigenvalue weighted by atomic mass is 32.2. The molecule has 1 saturated carbocycles. The van der Waals surface area contributed by atoms with Crippen LogP contribution >= 0.6 is 0 Å². The van der Waals surface area contributed by atoms with Crippen LogP contribution in [-0.4, -0.2) is 30.8 Å². The quantitative estimate of drug-likeness (QED) is 0.910. The molecule has 2 aromatic rings. The maximum absolute atomic E-state index is 12.2. The van der Waals surface area contributed by atoms with E-state index in [1.807, 2.05) is 0 Å². The number of amides is 1. The van der Waals surface area contributed by atoms with E-state index in [0.717, 1.165) is 31.9 Å². The summed E-state index contributed by atoms with van der Waals surface area (Å²) in [7, 11) is -3.37. The van der Waals surface area contributed by atoms with Crippen molar-refractivity contribution < 1.29 is 17.6 Å². The van der Waals surface area contributed by atoms with Crippen molar-refractivity contribution in [2.24, 2.45) is 0 Å². The van der Waals surface area contributed by atoms with Crippen molar-refractivity contribution in [3.63, 3.8) is 0 Å². The number of hydrogen-bond acceptors (Lipinski definition) is 6. The van der Waals surface area contributed by atoms with Crippen molar-refractivity contribution in [3.05, 3.63) is 35.7 Å². The van der Waals surface area contributed by atoms with Gasteiger partial charge < -0.3 is 4.42 Å². The maximum atomic E-state index is 12.2. The van der Waals surface area contributed by atoms with E-state index in [2.05, 4.69) is 15.5 Å². The first kappa shape index (κ1) is 16.6. The van der Waals surface area contributed by atoms with Crippen LogP contribution in [0.5, 0.6) is 0 Å². The van der Waals surface area contributed by atoms with E-state index in [1.54, 1.807) is 0 Å². The summed E-state index contributed by atoms with van der Waals surface area (Å²) >= 11 is 0. The lowest BCUT2D eigenvalue weighted by molar-refractivity contribution is 0.102. The van der Waals surface area contributed by atoms with E-state index in [0.29, 0.717) is 5.89 Å². The first-order chi connectivity index (χ1) is 11.4. The average molecular weight is 349 g/mol. The molecule has 1 N–H and O–H groups in total. The van der Waals surface area contributed by atoms with Gasteiger partial charge in [-0.25, -0.2) is 8.42 Å². The molecule has 0 saturated heterocycles. The third-order valence-corrected chi connectivity index (χ3v) is 5.25. The number of nitrogens with one attached hydrogen (secondary N) is 1. The number of nitrogens with zero attached hydrogens (tertiary/aromatic N) is 2. The predicted molar refractivity (Wildman–Crippen MR) is 87.6 cm³/mol. The van der Waals surface area contributed by atoms with Crippen molar-refractivity contribution in [1.29, 1.82) is 0 Å². The molecular formula is C16H19N3O4S. The Morgan fingerprint density at radius 3 is 2.67 bits per heavy atom. The molecule has 1 amide bonds. The van der Waals surface area contributed by atoms with E-state index in [4.69, 9.17) is 4.42 Å². The molecule has 0 atom stereocenters. The number of benzene rings is 1. The Hall–Kier alpha value is -2.22. The highest BCUT2D eigenvalue weighted by Gasteiger charge is 2.22. The molecule has 0 radical (unpaired) electrons. The van der Waals surface area contributed by atoms with Crippen LogP contribution < -0.4 is 5.32 Å². The first-order valence-corrected chi connectivity index (χ1v) is 9.77. The van der Waals surface area contributed by atoms with Gasteiger partial charge in [0.15, 0.2) is 9.84 Å². The van der Waals surface area contributed by atoms with Crippen molar-refractivity contribution in [3.8, 4) is 0 Å². The Morgan fingerprint density at radius 1 is 1.21 bits per heavy atom. The highest BCUT2D eigenvalue weighted by Crippen LogP contribution is 2.32. The number of carbonyl (C=O) groups excluding carboxylic acids is 1. The minimum atomic E-state index is -3.37. The predicted octanol–water partition coefficient (Wildman–Crippen LogP) is 2.77. The largest absolute Gasteiger partial charge is 0.408 e. The highest BCUT2D eigenvalue weighted by molar-refractivity contribution is 7.90. The van der Waals surface area contributed by atoms with Gasteiger partial charge in [-0.2, -0.15) is 0 Å². The topological polar surface area (TPSA) is 102 Å². The summed E-state index contributed by atoms with van der Waals surface area (Å²) in [5.41, 5.74) is 0.218. The number of carbonyl (C=O) groups is 1. The zero-order valence-corrected chi connectivity index (χ0v) is 14.2. The van der Waals surface area contributed by atoms with Crippen LogP contribution in [-0.2, 0) is 9.84 Å². The number of anilines is 1. The Balaban J connectivity index is 1.72. The molecule has 0 unspecified atom stereocenters. The molecule has 1 aliphatic carbocycles. The molecule has 7 nitrogen and oxygen atoms in total. The fourth-order valence-corrected chi connectivity index (χ4v) is 3.50. The van der Waals surface area contributed by atoms with Crippen LogP contribution in [0.25, 0.3) is 0 Å². The van der Waals surface area contributed by atoms with Gasteiger partial charge in [-0.05, 0) is 31.0 Å². The molecule has 0 spiro atoms. The van der Waals surface area contributed by atoms with Crippen molar-refractivity contribution in [2.75, 3.05) is 11.6 Å². The van der Waals surface area contributed by atoms with Gasteiger partial charge in [0.2, 0.25) is 5.89 Å². The summed E-state index contributed by atoms with van der Waals surface area (Å²) in [5.74, 6) is 0.319. The van der Waals surface area contributed by atoms with Gasteiger partial charge in [0, 0.05) is 17.7 Å². The summed E-state index contributed by atoms with van der Waals surface area (Å²) in [5, 5.41) is 10.4. The Morgan fingerprint density at radius 2 is 1.96 bits per heavy atom. The Bertz CT molecular complexity index is 839. The van der Waals surface area contributed by atoms with Gasteiger partial charge in [0.1, 0.15) is 0 Å². The molecule has 24 heavy (non-hydrogen) atoms. The van der Waals surface area contributed by atoms with Crippen LogP contribution in [0.15, 0.2) is 33.6 Å². The number of rotatable bonds is 4. The SMILES string of the molecule is CS(=O)(=O)c1cccc(C(=O)Nc2nnc(C3CCCCC3)o2)c1. The van der Waals surface area contributed by atoms with Crippen LogP contribution in [0.3, 0.4) is 0 Å². The van der Waals surface area contributed by atoms with Gasteiger partial charge in [-0.1, -0.05) is 30.4 Å². The summed E-state index contributed by atoms with van der Waals surface area (Å²) in [6.07, 6.45) is 6.65. The summed E-state index contributed by atoms with van der Waals surface area (Å²) in [4.78, 5) is 12.3. The maximum Gasteiger partial charge on any atom is 0.322 e. The molecule has 1 aromatic carbocycles. The summed E-state index contributed by atoms with van der Waals surface area (Å²) in [6, 6.07) is 5.85. The number of hydrogen-bond donors (Lipinski definition) is 1. The lowest BCUT2D eigenvalue weighted by Crippen LogP contribution is -2.13. The second kappa shape index (κ2) is 6.72.